The molecule has 0 aromatic heterocycles. The van der Waals surface area contributed by atoms with Crippen molar-refractivity contribution in [1.29, 1.82) is 0 Å². The van der Waals surface area contributed by atoms with Crippen LogP contribution in [0.15, 0.2) is 35.2 Å². The molecule has 0 aliphatic rings. The first kappa shape index (κ1) is 16.6. The lowest BCUT2D eigenvalue weighted by molar-refractivity contribution is -0.0929. The molecule has 0 heterocycles. The molecule has 110 valence electrons. The van der Waals surface area contributed by atoms with E-state index in [1.165, 1.54) is 19.2 Å². The summed E-state index contributed by atoms with van der Waals surface area (Å²) < 4.78 is 43.3. The van der Waals surface area contributed by atoms with Crippen LogP contribution in [0.4, 0.5) is 13.2 Å². The zero-order chi connectivity index (χ0) is 15.2. The number of halogens is 3. The number of methoxy groups -OCH3 is 1. The van der Waals surface area contributed by atoms with Gasteiger partial charge in [0, 0.05) is 17.6 Å². The number of hydrogen-bond donors (Lipinski definition) is 0. The van der Waals surface area contributed by atoms with Crippen molar-refractivity contribution in [3.05, 3.63) is 40.8 Å². The maximum Gasteiger partial charge on any atom is 0.413 e. The van der Waals surface area contributed by atoms with E-state index in [-0.39, 0.29) is 5.56 Å². The highest BCUT2D eigenvalue weighted by Gasteiger charge is 2.34. The highest BCUT2D eigenvalue weighted by atomic mass is 32.2. The Morgan fingerprint density at radius 1 is 1.30 bits per heavy atom. The monoisotopic (exact) mass is 304 g/mol. The minimum atomic E-state index is -4.48. The number of carbonyl (C=O) groups is 1. The first-order valence-electron chi connectivity index (χ1n) is 5.93. The molecule has 6 heteroatoms. The number of Topliss-reactive ketones (excluding diaryl/α,β-unsaturated/α-hetero) is 1. The Morgan fingerprint density at radius 2 is 1.90 bits per heavy atom. The third-order valence-electron chi connectivity index (χ3n) is 2.52. The third-order valence-corrected chi connectivity index (χ3v) is 3.30. The number of rotatable bonds is 6. The molecule has 2 nitrogen and oxygen atoms in total. The average molecular weight is 304 g/mol. The van der Waals surface area contributed by atoms with E-state index in [2.05, 4.69) is 0 Å². The molecule has 1 aromatic rings. The molecule has 0 spiro atoms. The van der Waals surface area contributed by atoms with Crippen LogP contribution in [0, 0.1) is 0 Å². The largest absolute Gasteiger partial charge is 0.497 e. The predicted octanol–water partition coefficient (Wildman–Crippen LogP) is 4.47. The summed E-state index contributed by atoms with van der Waals surface area (Å²) in [7, 11) is 1.48. The van der Waals surface area contributed by atoms with Gasteiger partial charge in [-0.3, -0.25) is 4.79 Å². The lowest BCUT2D eigenvalue weighted by atomic mass is 10.0. The third kappa shape index (κ3) is 4.92. The summed E-state index contributed by atoms with van der Waals surface area (Å²) in [6.45, 7) is 1.75. The van der Waals surface area contributed by atoms with Crippen LogP contribution in [0.1, 0.15) is 23.7 Å². The Bertz CT molecular complexity index is 478. The number of ketones is 1. The molecular formula is C14H15F3O2S. The van der Waals surface area contributed by atoms with E-state index in [1.54, 1.807) is 19.1 Å². The molecule has 0 fully saturated rings. The molecule has 0 saturated heterocycles. The summed E-state index contributed by atoms with van der Waals surface area (Å²) in [5.74, 6) is 0.513. The molecular weight excluding hydrogens is 289 g/mol. The number of ether oxygens (including phenoxy) is 1. The van der Waals surface area contributed by atoms with E-state index in [0.29, 0.717) is 11.5 Å². The summed E-state index contributed by atoms with van der Waals surface area (Å²) in [5, 5.41) is 1.02. The Balaban J connectivity index is 2.85. The summed E-state index contributed by atoms with van der Waals surface area (Å²) in [5.41, 5.74) is -0.576. The van der Waals surface area contributed by atoms with Crippen LogP contribution in [0.2, 0.25) is 0 Å². The SMILES string of the molecule is CCSC=C(CC(=O)c1ccc(OC)cc1)C(F)(F)F. The van der Waals surface area contributed by atoms with Gasteiger partial charge < -0.3 is 4.74 Å². The lowest BCUT2D eigenvalue weighted by Gasteiger charge is -2.11. The van der Waals surface area contributed by atoms with Crippen molar-refractivity contribution in [2.45, 2.75) is 19.5 Å². The highest BCUT2D eigenvalue weighted by Crippen LogP contribution is 2.31. The standard InChI is InChI=1S/C14H15F3O2S/c1-3-20-9-11(14(15,16)17)8-13(18)10-4-6-12(19-2)7-5-10/h4-7,9H,3,8H2,1-2H3. The van der Waals surface area contributed by atoms with E-state index in [1.807, 2.05) is 0 Å². The minimum Gasteiger partial charge on any atom is -0.497 e. The highest BCUT2D eigenvalue weighted by molar-refractivity contribution is 8.02. The van der Waals surface area contributed by atoms with Crippen molar-refractivity contribution in [2.24, 2.45) is 0 Å². The van der Waals surface area contributed by atoms with Gasteiger partial charge in [-0.2, -0.15) is 13.2 Å². The number of thioether (sulfide) groups is 1. The van der Waals surface area contributed by atoms with Gasteiger partial charge in [0.15, 0.2) is 5.78 Å². The molecule has 0 amide bonds. The van der Waals surface area contributed by atoms with Crippen molar-refractivity contribution < 1.29 is 22.7 Å². The average Bonchev–Trinajstić information content (AvgIpc) is 2.42. The van der Waals surface area contributed by atoms with Crippen LogP contribution >= 0.6 is 11.8 Å². The van der Waals surface area contributed by atoms with E-state index in [0.717, 1.165) is 17.2 Å². The van der Waals surface area contributed by atoms with Crippen LogP contribution in [-0.4, -0.2) is 24.8 Å². The zero-order valence-electron chi connectivity index (χ0n) is 11.2. The second-order valence-electron chi connectivity index (χ2n) is 3.92. The Labute approximate surface area is 120 Å². The van der Waals surface area contributed by atoms with Gasteiger partial charge in [0.25, 0.3) is 0 Å². The molecule has 1 aromatic carbocycles. The molecule has 0 radical (unpaired) electrons. The van der Waals surface area contributed by atoms with Gasteiger partial charge in [-0.05, 0) is 35.4 Å². The van der Waals surface area contributed by atoms with Gasteiger partial charge in [0.1, 0.15) is 5.75 Å². The van der Waals surface area contributed by atoms with Crippen LogP contribution in [0.3, 0.4) is 0 Å². The summed E-state index contributed by atoms with van der Waals surface area (Å²) in [6.07, 6.45) is -5.13. The van der Waals surface area contributed by atoms with Crippen LogP contribution in [-0.2, 0) is 0 Å². The van der Waals surface area contributed by atoms with Crippen molar-refractivity contribution in [1.82, 2.24) is 0 Å². The zero-order valence-corrected chi connectivity index (χ0v) is 12.0. The molecule has 0 aliphatic heterocycles. The molecule has 1 rings (SSSR count). The van der Waals surface area contributed by atoms with Gasteiger partial charge in [-0.15, -0.1) is 11.8 Å². The number of carbonyl (C=O) groups excluding carboxylic acids is 1. The Kier molecular flexibility index (Phi) is 6.13. The number of hydrogen-bond acceptors (Lipinski definition) is 3. The van der Waals surface area contributed by atoms with E-state index in [9.17, 15) is 18.0 Å². The maximum absolute atomic E-state index is 12.8. The van der Waals surface area contributed by atoms with Crippen molar-refractivity contribution in [3.8, 4) is 5.75 Å². The lowest BCUT2D eigenvalue weighted by Crippen LogP contribution is -2.15. The van der Waals surface area contributed by atoms with Crippen molar-refractivity contribution in [2.75, 3.05) is 12.9 Å². The minimum absolute atomic E-state index is 0.238. The summed E-state index contributed by atoms with van der Waals surface area (Å²) in [4.78, 5) is 11.9. The topological polar surface area (TPSA) is 26.3 Å². The van der Waals surface area contributed by atoms with Crippen molar-refractivity contribution >= 4 is 17.5 Å². The van der Waals surface area contributed by atoms with Crippen LogP contribution in [0.25, 0.3) is 0 Å². The Morgan fingerprint density at radius 3 is 2.35 bits per heavy atom. The molecule has 0 bridgehead atoms. The quantitative estimate of drug-likeness (QED) is 0.725. The van der Waals surface area contributed by atoms with E-state index < -0.39 is 24.0 Å². The molecule has 20 heavy (non-hydrogen) atoms. The summed E-state index contributed by atoms with van der Waals surface area (Å²) in [6, 6.07) is 6.01. The first-order chi connectivity index (χ1) is 9.38. The molecule has 0 saturated carbocycles. The Hall–Kier alpha value is -1.43. The summed E-state index contributed by atoms with van der Waals surface area (Å²) >= 11 is 1.03. The fourth-order valence-corrected chi connectivity index (χ4v) is 2.03. The van der Waals surface area contributed by atoms with Crippen LogP contribution < -0.4 is 4.74 Å². The fraction of sp³-hybridized carbons (Fsp3) is 0.357. The maximum atomic E-state index is 12.8. The second kappa shape index (κ2) is 7.38. The van der Waals surface area contributed by atoms with Gasteiger partial charge in [-0.25, -0.2) is 0 Å². The van der Waals surface area contributed by atoms with Gasteiger partial charge >= 0.3 is 6.18 Å². The van der Waals surface area contributed by atoms with E-state index >= 15 is 0 Å². The molecule has 0 N–H and O–H groups in total. The number of alkyl halides is 3. The predicted molar refractivity (Wildman–Crippen MR) is 74.2 cm³/mol. The fourth-order valence-electron chi connectivity index (χ4n) is 1.44. The van der Waals surface area contributed by atoms with Crippen LogP contribution in [0.5, 0.6) is 5.75 Å². The normalized spacial score (nSPS) is 12.3. The molecule has 0 atom stereocenters. The van der Waals surface area contributed by atoms with Gasteiger partial charge in [0.05, 0.1) is 7.11 Å². The molecule has 0 unspecified atom stereocenters. The number of benzene rings is 1. The number of allylic oxidation sites excluding steroid dienone is 1. The second-order valence-corrected chi connectivity index (χ2v) is 5.07. The smallest absolute Gasteiger partial charge is 0.413 e. The van der Waals surface area contributed by atoms with E-state index in [4.69, 9.17) is 4.74 Å². The van der Waals surface area contributed by atoms with Gasteiger partial charge in [0.2, 0.25) is 0 Å². The molecule has 0 aliphatic carbocycles. The van der Waals surface area contributed by atoms with Crippen molar-refractivity contribution in [3.63, 3.8) is 0 Å². The first-order valence-corrected chi connectivity index (χ1v) is 6.98. The van der Waals surface area contributed by atoms with Gasteiger partial charge in [-0.1, -0.05) is 6.92 Å².